The smallest absolute Gasteiger partial charge is 0.152 e. The van der Waals surface area contributed by atoms with E-state index in [1.807, 2.05) is 0 Å². The van der Waals surface area contributed by atoms with Gasteiger partial charge in [-0.15, -0.1) is 0 Å². The molecule has 0 spiro atoms. The molecule has 0 saturated heterocycles. The Kier molecular flexibility index (Phi) is 3.05. The molecule has 88 valence electrons. The van der Waals surface area contributed by atoms with E-state index in [1.54, 1.807) is 0 Å². The third kappa shape index (κ3) is 2.14. The van der Waals surface area contributed by atoms with Crippen LogP contribution in [0.1, 0.15) is 19.3 Å². The maximum Gasteiger partial charge on any atom is 0.152 e. The summed E-state index contributed by atoms with van der Waals surface area (Å²) >= 11 is 0. The van der Waals surface area contributed by atoms with Crippen molar-refractivity contribution in [1.82, 2.24) is 0 Å². The van der Waals surface area contributed by atoms with Gasteiger partial charge in [0.25, 0.3) is 0 Å². The highest BCUT2D eigenvalue weighted by molar-refractivity contribution is 5.47. The predicted octanol–water partition coefficient (Wildman–Crippen LogP) is 2.43. The molecule has 16 heavy (non-hydrogen) atoms. The SMILES string of the molecule is OC1CCCC1Nc1c(F)cc(F)cc1F. The zero-order valence-corrected chi connectivity index (χ0v) is 8.51. The molecule has 0 radical (unpaired) electrons. The first-order valence-electron chi connectivity index (χ1n) is 5.17. The third-order valence-electron chi connectivity index (χ3n) is 2.82. The molecule has 0 bridgehead atoms. The van der Waals surface area contributed by atoms with Gasteiger partial charge in [0.2, 0.25) is 0 Å². The van der Waals surface area contributed by atoms with Crippen LogP contribution >= 0.6 is 0 Å². The number of rotatable bonds is 2. The monoisotopic (exact) mass is 231 g/mol. The standard InChI is InChI=1S/C11H12F3NO/c12-6-4-7(13)11(8(14)5-6)15-9-2-1-3-10(9)16/h4-5,9-10,15-16H,1-3H2. The predicted molar refractivity (Wildman–Crippen MR) is 53.6 cm³/mol. The van der Waals surface area contributed by atoms with E-state index in [1.165, 1.54) is 0 Å². The van der Waals surface area contributed by atoms with Crippen LogP contribution in [-0.4, -0.2) is 17.3 Å². The van der Waals surface area contributed by atoms with Crippen molar-refractivity contribution in [2.24, 2.45) is 0 Å². The summed E-state index contributed by atoms with van der Waals surface area (Å²) in [5, 5.41) is 12.1. The van der Waals surface area contributed by atoms with Gasteiger partial charge >= 0.3 is 0 Å². The molecule has 1 aliphatic carbocycles. The van der Waals surface area contributed by atoms with Gasteiger partial charge in [-0.2, -0.15) is 0 Å². The minimum absolute atomic E-state index is 0.366. The summed E-state index contributed by atoms with van der Waals surface area (Å²) in [6.07, 6.45) is 1.46. The van der Waals surface area contributed by atoms with Crippen molar-refractivity contribution >= 4 is 5.69 Å². The summed E-state index contributed by atoms with van der Waals surface area (Å²) in [4.78, 5) is 0. The second kappa shape index (κ2) is 4.33. The summed E-state index contributed by atoms with van der Waals surface area (Å²) < 4.78 is 39.2. The zero-order chi connectivity index (χ0) is 11.7. The number of aliphatic hydroxyl groups excluding tert-OH is 1. The molecule has 0 aliphatic heterocycles. The number of aliphatic hydroxyl groups is 1. The molecule has 2 nitrogen and oxygen atoms in total. The third-order valence-corrected chi connectivity index (χ3v) is 2.82. The van der Waals surface area contributed by atoms with Crippen LogP contribution in [0.25, 0.3) is 0 Å². The van der Waals surface area contributed by atoms with E-state index < -0.39 is 23.6 Å². The van der Waals surface area contributed by atoms with Crippen molar-refractivity contribution < 1.29 is 18.3 Å². The van der Waals surface area contributed by atoms with E-state index in [0.717, 1.165) is 6.42 Å². The lowest BCUT2D eigenvalue weighted by Crippen LogP contribution is -2.28. The van der Waals surface area contributed by atoms with Crippen LogP contribution in [0.4, 0.5) is 18.9 Å². The molecule has 0 heterocycles. The van der Waals surface area contributed by atoms with E-state index in [9.17, 15) is 18.3 Å². The molecular weight excluding hydrogens is 219 g/mol. The maximum atomic E-state index is 13.3. The van der Waals surface area contributed by atoms with E-state index in [0.29, 0.717) is 25.0 Å². The van der Waals surface area contributed by atoms with Crippen LogP contribution < -0.4 is 5.32 Å². The Morgan fingerprint density at radius 3 is 2.25 bits per heavy atom. The Hall–Kier alpha value is -1.23. The molecule has 1 aromatic rings. The fraction of sp³-hybridized carbons (Fsp3) is 0.455. The molecule has 2 unspecified atom stereocenters. The Balaban J connectivity index is 2.21. The maximum absolute atomic E-state index is 13.3. The first-order valence-corrected chi connectivity index (χ1v) is 5.17. The molecule has 2 rings (SSSR count). The lowest BCUT2D eigenvalue weighted by molar-refractivity contribution is 0.171. The molecule has 1 fully saturated rings. The Morgan fingerprint density at radius 2 is 1.75 bits per heavy atom. The first kappa shape index (κ1) is 11.3. The number of hydrogen-bond acceptors (Lipinski definition) is 2. The molecule has 1 aliphatic rings. The minimum atomic E-state index is -0.975. The summed E-state index contributed by atoms with van der Waals surface area (Å²) in [7, 11) is 0. The van der Waals surface area contributed by atoms with Crippen molar-refractivity contribution in [3.8, 4) is 0 Å². The second-order valence-corrected chi connectivity index (χ2v) is 3.99. The van der Waals surface area contributed by atoms with E-state index in [2.05, 4.69) is 5.32 Å². The van der Waals surface area contributed by atoms with E-state index in [4.69, 9.17) is 0 Å². The molecule has 1 aromatic carbocycles. The molecule has 2 N–H and O–H groups in total. The molecule has 1 saturated carbocycles. The fourth-order valence-electron chi connectivity index (χ4n) is 1.97. The second-order valence-electron chi connectivity index (χ2n) is 3.99. The van der Waals surface area contributed by atoms with E-state index in [-0.39, 0.29) is 11.7 Å². The van der Waals surface area contributed by atoms with Crippen molar-refractivity contribution in [2.45, 2.75) is 31.4 Å². The number of benzene rings is 1. The number of anilines is 1. The van der Waals surface area contributed by atoms with Gasteiger partial charge < -0.3 is 10.4 Å². The average Bonchev–Trinajstić information content (AvgIpc) is 2.57. The Morgan fingerprint density at radius 1 is 1.12 bits per heavy atom. The van der Waals surface area contributed by atoms with Gasteiger partial charge in [0.05, 0.1) is 12.1 Å². The van der Waals surface area contributed by atoms with Crippen molar-refractivity contribution in [3.05, 3.63) is 29.6 Å². The van der Waals surface area contributed by atoms with E-state index >= 15 is 0 Å². The summed E-state index contributed by atoms with van der Waals surface area (Å²) in [6, 6.07) is 0.869. The quantitative estimate of drug-likeness (QED) is 0.819. The van der Waals surface area contributed by atoms with Crippen LogP contribution in [0, 0.1) is 17.5 Å². The molecule has 2 atom stereocenters. The molecule has 0 aromatic heterocycles. The first-order chi connectivity index (χ1) is 7.58. The highest BCUT2D eigenvalue weighted by Gasteiger charge is 2.26. The molecule has 5 heteroatoms. The highest BCUT2D eigenvalue weighted by atomic mass is 19.1. The normalized spacial score (nSPS) is 24.8. The van der Waals surface area contributed by atoms with Crippen LogP contribution in [0.15, 0.2) is 12.1 Å². The highest BCUT2D eigenvalue weighted by Crippen LogP contribution is 2.26. The van der Waals surface area contributed by atoms with Crippen LogP contribution in [0.3, 0.4) is 0 Å². The van der Waals surface area contributed by atoms with Gasteiger partial charge in [0, 0.05) is 12.1 Å². The summed E-state index contributed by atoms with van der Waals surface area (Å²) in [5.74, 6) is -2.90. The summed E-state index contributed by atoms with van der Waals surface area (Å²) in [6.45, 7) is 0. The Bertz CT molecular complexity index is 374. The Labute approximate surface area is 91.1 Å². The largest absolute Gasteiger partial charge is 0.391 e. The van der Waals surface area contributed by atoms with Crippen molar-refractivity contribution in [3.63, 3.8) is 0 Å². The van der Waals surface area contributed by atoms with Crippen LogP contribution in [0.2, 0.25) is 0 Å². The topological polar surface area (TPSA) is 32.3 Å². The number of hydrogen-bond donors (Lipinski definition) is 2. The molecular formula is C11H12F3NO. The van der Waals surface area contributed by atoms with Crippen LogP contribution in [-0.2, 0) is 0 Å². The van der Waals surface area contributed by atoms with Gasteiger partial charge in [0.15, 0.2) is 11.6 Å². The number of halogens is 3. The average molecular weight is 231 g/mol. The fourth-order valence-corrected chi connectivity index (χ4v) is 1.97. The number of nitrogens with one attached hydrogen (secondary N) is 1. The van der Waals surface area contributed by atoms with Gasteiger partial charge in [-0.3, -0.25) is 0 Å². The van der Waals surface area contributed by atoms with Crippen LogP contribution in [0.5, 0.6) is 0 Å². The van der Waals surface area contributed by atoms with Crippen molar-refractivity contribution in [1.29, 1.82) is 0 Å². The van der Waals surface area contributed by atoms with Gasteiger partial charge in [-0.05, 0) is 19.3 Å². The van der Waals surface area contributed by atoms with Crippen molar-refractivity contribution in [2.75, 3.05) is 5.32 Å². The van der Waals surface area contributed by atoms with Gasteiger partial charge in [0.1, 0.15) is 11.5 Å². The zero-order valence-electron chi connectivity index (χ0n) is 8.51. The molecule has 0 amide bonds. The van der Waals surface area contributed by atoms with Gasteiger partial charge in [-0.25, -0.2) is 13.2 Å². The minimum Gasteiger partial charge on any atom is -0.391 e. The summed E-state index contributed by atoms with van der Waals surface area (Å²) in [5.41, 5.74) is -0.368. The lowest BCUT2D eigenvalue weighted by atomic mass is 10.2. The van der Waals surface area contributed by atoms with Gasteiger partial charge in [-0.1, -0.05) is 0 Å². The lowest BCUT2D eigenvalue weighted by Gasteiger charge is -2.18.